The van der Waals surface area contributed by atoms with Crippen molar-refractivity contribution in [2.75, 3.05) is 0 Å². The van der Waals surface area contributed by atoms with Crippen molar-refractivity contribution >= 4 is 5.91 Å². The van der Waals surface area contributed by atoms with Crippen LogP contribution in [-0.2, 0) is 26.1 Å². The molecule has 3 aromatic heterocycles. The van der Waals surface area contributed by atoms with Crippen LogP contribution in [0.15, 0.2) is 30.6 Å². The summed E-state index contributed by atoms with van der Waals surface area (Å²) in [6, 6.07) is 3.54. The van der Waals surface area contributed by atoms with Crippen LogP contribution in [0.25, 0.3) is 5.69 Å². The summed E-state index contributed by atoms with van der Waals surface area (Å²) >= 11 is 0. The Hall–Kier alpha value is -3.31. The molecule has 0 fully saturated rings. The number of nitrogens with two attached hydrogens (primary N) is 1. The molecule has 31 heavy (non-hydrogen) atoms. The quantitative estimate of drug-likeness (QED) is 0.628. The third-order valence-corrected chi connectivity index (χ3v) is 4.66. The normalized spacial score (nSPS) is 13.5. The van der Waals surface area contributed by atoms with E-state index in [0.29, 0.717) is 5.69 Å². The number of carbonyl (C=O) groups is 1. The highest BCUT2D eigenvalue weighted by Crippen LogP contribution is 2.29. The summed E-state index contributed by atoms with van der Waals surface area (Å²) in [6.07, 6.45) is -0.0569. The highest BCUT2D eigenvalue weighted by Gasteiger charge is 2.32. The van der Waals surface area contributed by atoms with Crippen LogP contribution in [0.2, 0.25) is 0 Å². The molecule has 3 heterocycles. The van der Waals surface area contributed by atoms with Crippen LogP contribution < -0.4 is 5.73 Å². The average Bonchev–Trinajstić information content (AvgIpc) is 3.32. The Balaban J connectivity index is 0.000000196. The fourth-order valence-corrected chi connectivity index (χ4v) is 3.15. The Kier molecular flexibility index (Phi) is 6.37. The molecule has 0 atom stereocenters. The first kappa shape index (κ1) is 22.4. The van der Waals surface area contributed by atoms with Crippen molar-refractivity contribution in [3.05, 3.63) is 58.9 Å². The lowest BCUT2D eigenvalue weighted by Gasteiger charge is -2.07. The number of aromatic nitrogens is 5. The van der Waals surface area contributed by atoms with E-state index in [-0.39, 0.29) is 5.69 Å². The van der Waals surface area contributed by atoms with E-state index in [4.69, 9.17) is 5.73 Å². The van der Waals surface area contributed by atoms with Crippen LogP contribution in [0.1, 0.15) is 52.4 Å². The zero-order valence-corrected chi connectivity index (χ0v) is 16.4. The van der Waals surface area contributed by atoms with E-state index in [0.717, 1.165) is 53.8 Å². The Morgan fingerprint density at radius 3 is 2.42 bits per heavy atom. The van der Waals surface area contributed by atoms with Gasteiger partial charge in [-0.1, -0.05) is 0 Å². The summed E-state index contributed by atoms with van der Waals surface area (Å²) in [7, 11) is 1.38. The standard InChI is InChI=1S/C13H12F3N3.C6H7F2N3O/c14-13(15,16)12-7-10(5-6-17-12)19-8-9-3-1-2-4-11(9)18-19;1-11-4(6(9)12)2-3(10-11)5(7)8/h5-8H,1-4H2;2,5H,1H3,(H2,9,12). The number of hydrogen-bond acceptors (Lipinski definition) is 4. The fraction of sp³-hybridized carbons (Fsp3) is 0.368. The molecule has 2 N–H and O–H groups in total. The third kappa shape index (κ3) is 5.25. The number of hydrogen-bond donors (Lipinski definition) is 1. The van der Waals surface area contributed by atoms with Crippen LogP contribution in [0.4, 0.5) is 22.0 Å². The Labute approximate surface area is 173 Å². The van der Waals surface area contributed by atoms with Crippen LogP contribution in [-0.4, -0.2) is 30.5 Å². The summed E-state index contributed by atoms with van der Waals surface area (Å²) in [6.45, 7) is 0. The molecule has 166 valence electrons. The highest BCUT2D eigenvalue weighted by molar-refractivity contribution is 5.91. The van der Waals surface area contributed by atoms with Gasteiger partial charge in [-0.25, -0.2) is 13.5 Å². The predicted molar refractivity (Wildman–Crippen MR) is 99.7 cm³/mol. The molecule has 0 aromatic carbocycles. The van der Waals surface area contributed by atoms with Gasteiger partial charge in [0.15, 0.2) is 0 Å². The van der Waals surface area contributed by atoms with Crippen molar-refractivity contribution in [1.29, 1.82) is 0 Å². The molecular weight excluding hydrogens is 423 g/mol. The Morgan fingerprint density at radius 2 is 1.87 bits per heavy atom. The zero-order valence-electron chi connectivity index (χ0n) is 16.4. The monoisotopic (exact) mass is 442 g/mol. The molecule has 1 aliphatic carbocycles. The van der Waals surface area contributed by atoms with Gasteiger partial charge in [0.05, 0.1) is 11.4 Å². The van der Waals surface area contributed by atoms with E-state index in [9.17, 15) is 26.7 Å². The smallest absolute Gasteiger partial charge is 0.364 e. The lowest BCUT2D eigenvalue weighted by Crippen LogP contribution is -2.15. The minimum Gasteiger partial charge on any atom is -0.364 e. The number of rotatable bonds is 3. The van der Waals surface area contributed by atoms with Crippen LogP contribution in [0.3, 0.4) is 0 Å². The van der Waals surface area contributed by atoms with Gasteiger partial charge >= 0.3 is 6.18 Å². The summed E-state index contributed by atoms with van der Waals surface area (Å²) in [5.41, 5.74) is 6.06. The van der Waals surface area contributed by atoms with Crippen molar-refractivity contribution in [1.82, 2.24) is 24.5 Å². The largest absolute Gasteiger partial charge is 0.433 e. The van der Waals surface area contributed by atoms with E-state index in [1.54, 1.807) is 0 Å². The van der Waals surface area contributed by atoms with Crippen molar-refractivity contribution in [3.8, 4) is 5.69 Å². The maximum atomic E-state index is 12.6. The fourth-order valence-electron chi connectivity index (χ4n) is 3.15. The number of pyridine rings is 1. The first-order chi connectivity index (χ1) is 14.6. The lowest BCUT2D eigenvalue weighted by molar-refractivity contribution is -0.141. The van der Waals surface area contributed by atoms with Gasteiger partial charge in [0, 0.05) is 19.4 Å². The van der Waals surface area contributed by atoms with Crippen LogP contribution in [0, 0.1) is 0 Å². The maximum absolute atomic E-state index is 12.6. The maximum Gasteiger partial charge on any atom is 0.433 e. The highest BCUT2D eigenvalue weighted by atomic mass is 19.4. The average molecular weight is 442 g/mol. The molecule has 0 spiro atoms. The minimum atomic E-state index is -4.43. The SMILES string of the molecule is Cn1nc(C(F)F)cc1C(N)=O.FC(F)(F)c1cc(-n2cc3c(n2)CCCC3)ccn1. The van der Waals surface area contributed by atoms with Crippen molar-refractivity contribution < 1.29 is 26.7 Å². The molecular formula is C19H19F5N6O. The molecule has 7 nitrogen and oxygen atoms in total. The van der Waals surface area contributed by atoms with E-state index >= 15 is 0 Å². The second kappa shape index (κ2) is 8.82. The van der Waals surface area contributed by atoms with Gasteiger partial charge in [-0.2, -0.15) is 23.4 Å². The van der Waals surface area contributed by atoms with E-state index < -0.39 is 29.9 Å². The van der Waals surface area contributed by atoms with E-state index in [2.05, 4.69) is 15.2 Å². The number of amides is 1. The molecule has 0 radical (unpaired) electrons. The molecule has 1 amide bonds. The van der Waals surface area contributed by atoms with Gasteiger partial charge in [-0.05, 0) is 49.4 Å². The summed E-state index contributed by atoms with van der Waals surface area (Å²) in [4.78, 5) is 13.9. The first-order valence-electron chi connectivity index (χ1n) is 9.29. The lowest BCUT2D eigenvalue weighted by atomic mass is 9.99. The van der Waals surface area contributed by atoms with Gasteiger partial charge in [0.1, 0.15) is 17.1 Å². The number of nitrogens with zero attached hydrogens (tertiary/aromatic N) is 5. The van der Waals surface area contributed by atoms with Gasteiger partial charge < -0.3 is 5.73 Å². The molecule has 4 rings (SSSR count). The number of halogens is 5. The number of primary amides is 1. The van der Waals surface area contributed by atoms with Gasteiger partial charge in [0.2, 0.25) is 0 Å². The van der Waals surface area contributed by atoms with Gasteiger partial charge in [0.25, 0.3) is 12.3 Å². The molecule has 0 saturated carbocycles. The summed E-state index contributed by atoms with van der Waals surface area (Å²) < 4.78 is 64.4. The van der Waals surface area contributed by atoms with Gasteiger partial charge in [-0.3, -0.25) is 14.5 Å². The molecule has 0 aliphatic heterocycles. The predicted octanol–water partition coefficient (Wildman–Crippen LogP) is 3.62. The zero-order chi connectivity index (χ0) is 22.8. The van der Waals surface area contributed by atoms with Crippen molar-refractivity contribution in [2.24, 2.45) is 12.8 Å². The molecule has 3 aromatic rings. The van der Waals surface area contributed by atoms with Crippen LogP contribution >= 0.6 is 0 Å². The molecule has 0 saturated heterocycles. The number of alkyl halides is 5. The third-order valence-electron chi connectivity index (χ3n) is 4.66. The second-order valence-electron chi connectivity index (χ2n) is 6.89. The van der Waals surface area contributed by atoms with E-state index in [1.807, 2.05) is 6.20 Å². The van der Waals surface area contributed by atoms with Gasteiger partial charge in [-0.15, -0.1) is 0 Å². The molecule has 12 heteroatoms. The molecule has 1 aliphatic rings. The summed E-state index contributed by atoms with van der Waals surface area (Å²) in [5.74, 6) is -0.767. The van der Waals surface area contributed by atoms with Crippen molar-refractivity contribution in [2.45, 2.75) is 38.3 Å². The number of aryl methyl sites for hydroxylation is 3. The Morgan fingerprint density at radius 1 is 1.16 bits per heavy atom. The number of fused-ring (bicyclic) bond motifs is 1. The first-order valence-corrected chi connectivity index (χ1v) is 9.29. The van der Waals surface area contributed by atoms with Crippen molar-refractivity contribution in [3.63, 3.8) is 0 Å². The minimum absolute atomic E-state index is 0.0229. The van der Waals surface area contributed by atoms with Crippen LogP contribution in [0.5, 0.6) is 0 Å². The molecule has 0 bridgehead atoms. The number of carbonyl (C=O) groups excluding carboxylic acids is 1. The topological polar surface area (TPSA) is 91.6 Å². The second-order valence-corrected chi connectivity index (χ2v) is 6.89. The Bertz CT molecular complexity index is 1050. The summed E-state index contributed by atoms with van der Waals surface area (Å²) in [5, 5.41) is 7.76. The molecule has 0 unspecified atom stereocenters. The van der Waals surface area contributed by atoms with E-state index in [1.165, 1.54) is 24.0 Å².